The van der Waals surface area contributed by atoms with Crippen LogP contribution < -0.4 is 4.74 Å². The second kappa shape index (κ2) is 6.54. The molecule has 0 N–H and O–H groups in total. The van der Waals surface area contributed by atoms with Gasteiger partial charge in [0.1, 0.15) is 5.75 Å². The van der Waals surface area contributed by atoms with Gasteiger partial charge < -0.3 is 9.64 Å². The van der Waals surface area contributed by atoms with E-state index in [1.54, 1.807) is 23.1 Å². The first-order valence-electron chi connectivity index (χ1n) is 5.64. The summed E-state index contributed by atoms with van der Waals surface area (Å²) >= 11 is 0. The summed E-state index contributed by atoms with van der Waals surface area (Å²) in [7, 11) is 0. The van der Waals surface area contributed by atoms with Crippen molar-refractivity contribution in [1.29, 1.82) is 5.26 Å². The number of hydrogen-bond donors (Lipinski definition) is 0. The molecule has 17 heavy (non-hydrogen) atoms. The fourth-order valence-electron chi connectivity index (χ4n) is 1.48. The van der Waals surface area contributed by atoms with Gasteiger partial charge in [-0.05, 0) is 19.9 Å². The lowest BCUT2D eigenvalue weighted by Crippen LogP contribution is -2.33. The van der Waals surface area contributed by atoms with Crippen LogP contribution in [0.2, 0.25) is 0 Å². The zero-order chi connectivity index (χ0) is 12.7. The quantitative estimate of drug-likeness (QED) is 0.801. The third-order valence-corrected chi connectivity index (χ3v) is 2.46. The maximum absolute atomic E-state index is 11.8. The van der Waals surface area contributed by atoms with Gasteiger partial charge in [0.05, 0.1) is 12.5 Å². The molecule has 0 aromatic heterocycles. The summed E-state index contributed by atoms with van der Waals surface area (Å²) < 4.78 is 5.28. The zero-order valence-electron chi connectivity index (χ0n) is 10.1. The lowest BCUT2D eigenvalue weighted by molar-refractivity contribution is 0.157. The summed E-state index contributed by atoms with van der Waals surface area (Å²) in [5.41, 5.74) is 0.732. The topological polar surface area (TPSA) is 53.3 Å². The third-order valence-electron chi connectivity index (χ3n) is 2.46. The minimum Gasteiger partial charge on any atom is -0.410 e. The lowest BCUT2D eigenvalue weighted by Gasteiger charge is -2.18. The molecule has 0 aliphatic carbocycles. The Morgan fingerprint density at radius 2 is 2.00 bits per heavy atom. The molecule has 0 heterocycles. The Labute approximate surface area is 101 Å². The highest BCUT2D eigenvalue weighted by atomic mass is 16.6. The van der Waals surface area contributed by atoms with Crippen molar-refractivity contribution in [2.24, 2.45) is 0 Å². The van der Waals surface area contributed by atoms with Crippen molar-refractivity contribution < 1.29 is 9.53 Å². The van der Waals surface area contributed by atoms with E-state index in [1.807, 2.05) is 26.0 Å². The molecule has 1 aromatic rings. The highest BCUT2D eigenvalue weighted by Crippen LogP contribution is 2.19. The van der Waals surface area contributed by atoms with Crippen LogP contribution in [0.1, 0.15) is 19.4 Å². The van der Waals surface area contributed by atoms with E-state index in [1.165, 1.54) is 0 Å². The average Bonchev–Trinajstić information content (AvgIpc) is 2.33. The first kappa shape index (κ1) is 13.0. The van der Waals surface area contributed by atoms with Gasteiger partial charge in [-0.25, -0.2) is 4.79 Å². The summed E-state index contributed by atoms with van der Waals surface area (Å²) in [6.07, 6.45) is -0.137. The minimum absolute atomic E-state index is 0.238. The monoisotopic (exact) mass is 232 g/mol. The second-order valence-corrected chi connectivity index (χ2v) is 3.48. The molecule has 1 aromatic carbocycles. The number of hydrogen-bond acceptors (Lipinski definition) is 3. The largest absolute Gasteiger partial charge is 0.415 e. The lowest BCUT2D eigenvalue weighted by atomic mass is 10.1. The summed E-state index contributed by atoms with van der Waals surface area (Å²) in [5, 5.41) is 8.68. The fraction of sp³-hybridized carbons (Fsp3) is 0.385. The number of para-hydroxylation sites is 1. The molecule has 0 unspecified atom stereocenters. The van der Waals surface area contributed by atoms with Crippen LogP contribution in [0, 0.1) is 11.3 Å². The molecule has 0 spiro atoms. The highest BCUT2D eigenvalue weighted by Gasteiger charge is 2.13. The van der Waals surface area contributed by atoms with Gasteiger partial charge in [-0.15, -0.1) is 0 Å². The zero-order valence-corrected chi connectivity index (χ0v) is 10.1. The van der Waals surface area contributed by atoms with Gasteiger partial charge in [-0.3, -0.25) is 0 Å². The average molecular weight is 232 g/mol. The summed E-state index contributed by atoms with van der Waals surface area (Å²) in [4.78, 5) is 13.3. The molecular formula is C13H16N2O2. The van der Waals surface area contributed by atoms with Crippen LogP contribution in [0.3, 0.4) is 0 Å². The summed E-state index contributed by atoms with van der Waals surface area (Å²) in [5.74, 6) is 0.464. The van der Waals surface area contributed by atoms with Crippen molar-refractivity contribution >= 4 is 6.09 Å². The van der Waals surface area contributed by atoms with Gasteiger partial charge in [0.25, 0.3) is 0 Å². The van der Waals surface area contributed by atoms with E-state index in [9.17, 15) is 4.79 Å². The Kier molecular flexibility index (Phi) is 5.02. The van der Waals surface area contributed by atoms with Crippen molar-refractivity contribution in [3.8, 4) is 11.8 Å². The van der Waals surface area contributed by atoms with Crippen molar-refractivity contribution in [3.63, 3.8) is 0 Å². The normalized spacial score (nSPS) is 9.47. The van der Waals surface area contributed by atoms with E-state index in [0.29, 0.717) is 18.8 Å². The first-order chi connectivity index (χ1) is 8.22. The molecule has 0 fully saturated rings. The van der Waals surface area contributed by atoms with Crippen LogP contribution in [0.25, 0.3) is 0 Å². The van der Waals surface area contributed by atoms with Crippen molar-refractivity contribution in [3.05, 3.63) is 29.8 Å². The third kappa shape index (κ3) is 3.49. The molecule has 0 bridgehead atoms. The van der Waals surface area contributed by atoms with E-state index in [0.717, 1.165) is 5.56 Å². The molecule has 0 atom stereocenters. The minimum atomic E-state index is -0.375. The van der Waals surface area contributed by atoms with Crippen LogP contribution in [0.5, 0.6) is 5.75 Å². The molecule has 4 heteroatoms. The maximum atomic E-state index is 11.8. The molecule has 90 valence electrons. The van der Waals surface area contributed by atoms with E-state index < -0.39 is 0 Å². The number of nitrogens with zero attached hydrogens (tertiary/aromatic N) is 2. The van der Waals surface area contributed by atoms with Crippen molar-refractivity contribution in [2.45, 2.75) is 20.3 Å². The SMILES string of the molecule is CCN(CC)C(=O)Oc1ccccc1CC#N. The van der Waals surface area contributed by atoms with Gasteiger partial charge in [0, 0.05) is 18.7 Å². The molecule has 0 aliphatic heterocycles. The van der Waals surface area contributed by atoms with Gasteiger partial charge in [-0.1, -0.05) is 18.2 Å². The standard InChI is InChI=1S/C13H16N2O2/c1-3-15(4-2)13(16)17-12-8-6-5-7-11(12)9-10-14/h5-8H,3-4,9H2,1-2H3. The summed E-state index contributed by atoms with van der Waals surface area (Å²) in [6, 6.07) is 9.14. The molecule has 1 amide bonds. The van der Waals surface area contributed by atoms with Crippen LogP contribution in [0.4, 0.5) is 4.79 Å². The Morgan fingerprint density at radius 1 is 1.35 bits per heavy atom. The number of carbonyl (C=O) groups is 1. The Hall–Kier alpha value is -2.02. The molecule has 0 saturated carbocycles. The van der Waals surface area contributed by atoms with Crippen LogP contribution in [0.15, 0.2) is 24.3 Å². The van der Waals surface area contributed by atoms with Gasteiger partial charge >= 0.3 is 6.09 Å². The predicted molar refractivity (Wildman–Crippen MR) is 64.7 cm³/mol. The Balaban J connectivity index is 2.81. The molecule has 0 radical (unpaired) electrons. The predicted octanol–water partition coefficient (Wildman–Crippen LogP) is 2.59. The smallest absolute Gasteiger partial charge is 0.410 e. The number of rotatable bonds is 4. The van der Waals surface area contributed by atoms with Crippen LogP contribution >= 0.6 is 0 Å². The molecule has 0 saturated heterocycles. The molecule has 1 rings (SSSR count). The fourth-order valence-corrected chi connectivity index (χ4v) is 1.48. The number of ether oxygens (including phenoxy) is 1. The number of carbonyl (C=O) groups excluding carboxylic acids is 1. The number of nitriles is 1. The molecule has 4 nitrogen and oxygen atoms in total. The number of amides is 1. The van der Waals surface area contributed by atoms with Gasteiger partial charge in [0.15, 0.2) is 0 Å². The van der Waals surface area contributed by atoms with E-state index in [4.69, 9.17) is 10.00 Å². The first-order valence-corrected chi connectivity index (χ1v) is 5.64. The maximum Gasteiger partial charge on any atom is 0.415 e. The van der Waals surface area contributed by atoms with Crippen LogP contribution in [-0.4, -0.2) is 24.1 Å². The van der Waals surface area contributed by atoms with Crippen molar-refractivity contribution in [2.75, 3.05) is 13.1 Å². The Morgan fingerprint density at radius 3 is 2.59 bits per heavy atom. The van der Waals surface area contributed by atoms with E-state index in [-0.39, 0.29) is 12.5 Å². The second-order valence-electron chi connectivity index (χ2n) is 3.48. The molecular weight excluding hydrogens is 216 g/mol. The highest BCUT2D eigenvalue weighted by molar-refractivity contribution is 5.71. The number of benzene rings is 1. The summed E-state index contributed by atoms with van der Waals surface area (Å²) in [6.45, 7) is 5.00. The van der Waals surface area contributed by atoms with Crippen LogP contribution in [-0.2, 0) is 6.42 Å². The van der Waals surface area contributed by atoms with Crippen molar-refractivity contribution in [1.82, 2.24) is 4.90 Å². The van der Waals surface area contributed by atoms with Gasteiger partial charge in [-0.2, -0.15) is 5.26 Å². The molecule has 0 aliphatic rings. The van der Waals surface area contributed by atoms with Gasteiger partial charge in [0.2, 0.25) is 0 Å². The van der Waals surface area contributed by atoms with E-state index in [2.05, 4.69) is 0 Å². The van der Waals surface area contributed by atoms with E-state index >= 15 is 0 Å². The Bertz CT molecular complexity index is 420.